The van der Waals surface area contributed by atoms with E-state index in [0.717, 1.165) is 49.0 Å². The third-order valence-electron chi connectivity index (χ3n) is 4.77. The van der Waals surface area contributed by atoms with E-state index in [1.165, 1.54) is 4.88 Å². The Kier molecular flexibility index (Phi) is 12.1. The molecular formula is C21H38IN5O3S. The highest BCUT2D eigenvalue weighted by molar-refractivity contribution is 14.0. The van der Waals surface area contributed by atoms with Gasteiger partial charge < -0.3 is 25.0 Å². The molecule has 1 saturated heterocycles. The van der Waals surface area contributed by atoms with Gasteiger partial charge in [0.15, 0.2) is 5.96 Å². The Morgan fingerprint density at radius 1 is 1.26 bits per heavy atom. The number of rotatable bonds is 7. The lowest BCUT2D eigenvalue weighted by Gasteiger charge is -2.34. The fraction of sp³-hybridized carbons (Fsp3) is 0.762. The van der Waals surface area contributed by atoms with E-state index in [0.29, 0.717) is 19.7 Å². The first-order valence-electron chi connectivity index (χ1n) is 10.6. The van der Waals surface area contributed by atoms with E-state index >= 15 is 0 Å². The molecule has 0 bridgehead atoms. The van der Waals surface area contributed by atoms with Crippen LogP contribution in [0.1, 0.15) is 55.6 Å². The van der Waals surface area contributed by atoms with Crippen LogP contribution in [0.4, 0.5) is 4.79 Å². The summed E-state index contributed by atoms with van der Waals surface area (Å²) in [7, 11) is 1.82. The summed E-state index contributed by atoms with van der Waals surface area (Å²) in [5.41, 5.74) is 0.633. The van der Waals surface area contributed by atoms with Crippen LogP contribution in [0.3, 0.4) is 0 Å². The first-order valence-corrected chi connectivity index (χ1v) is 11.5. The maximum Gasteiger partial charge on any atom is 0.407 e. The molecule has 31 heavy (non-hydrogen) atoms. The van der Waals surface area contributed by atoms with Crippen LogP contribution in [0.5, 0.6) is 0 Å². The van der Waals surface area contributed by atoms with E-state index in [1.54, 1.807) is 11.3 Å². The van der Waals surface area contributed by atoms with Crippen molar-refractivity contribution in [2.24, 2.45) is 4.99 Å². The van der Waals surface area contributed by atoms with Crippen molar-refractivity contribution >= 4 is 47.4 Å². The lowest BCUT2D eigenvalue weighted by molar-refractivity contribution is 0.0170. The fourth-order valence-corrected chi connectivity index (χ4v) is 4.04. The van der Waals surface area contributed by atoms with Crippen LogP contribution in [0.2, 0.25) is 0 Å². The van der Waals surface area contributed by atoms with Crippen molar-refractivity contribution in [1.82, 2.24) is 20.5 Å². The Bertz CT molecular complexity index is 693. The molecule has 1 fully saturated rings. The second-order valence-corrected chi connectivity index (χ2v) is 9.78. The normalized spacial score (nSPS) is 15.4. The molecule has 2 rings (SSSR count). The molecule has 0 spiro atoms. The Balaban J connectivity index is 0.00000480. The number of nitrogens with zero attached hydrogens (tertiary/aromatic N) is 3. The maximum absolute atomic E-state index is 11.6. The fourth-order valence-electron chi connectivity index (χ4n) is 3.16. The summed E-state index contributed by atoms with van der Waals surface area (Å²) in [6, 6.07) is 0. The lowest BCUT2D eigenvalue weighted by Crippen LogP contribution is -2.46. The average molecular weight is 568 g/mol. The predicted molar refractivity (Wildman–Crippen MR) is 137 cm³/mol. The second kappa shape index (κ2) is 13.4. The Labute approximate surface area is 207 Å². The molecule has 2 N–H and O–H groups in total. The molecule has 0 aromatic carbocycles. The van der Waals surface area contributed by atoms with Gasteiger partial charge in [-0.1, -0.05) is 0 Å². The largest absolute Gasteiger partial charge is 0.444 e. The minimum absolute atomic E-state index is 0. The summed E-state index contributed by atoms with van der Waals surface area (Å²) < 4.78 is 11.2. The van der Waals surface area contributed by atoms with Gasteiger partial charge in [0.25, 0.3) is 0 Å². The van der Waals surface area contributed by atoms with Gasteiger partial charge >= 0.3 is 6.09 Å². The number of carbonyl (C=O) groups excluding carboxylic acids is 1. The first-order chi connectivity index (χ1) is 14.2. The lowest BCUT2D eigenvalue weighted by atomic mass is 10.1. The predicted octanol–water partition coefficient (Wildman–Crippen LogP) is 3.85. The van der Waals surface area contributed by atoms with Gasteiger partial charge in [-0.3, -0.25) is 4.99 Å². The van der Waals surface area contributed by atoms with Crippen LogP contribution in [-0.2, 0) is 16.0 Å². The molecule has 8 nitrogen and oxygen atoms in total. The number of likely N-dealkylation sites (tertiary alicyclic amines) is 1. The van der Waals surface area contributed by atoms with Gasteiger partial charge in [-0.25, -0.2) is 9.78 Å². The number of guanidine groups is 1. The molecule has 2 heterocycles. The molecule has 178 valence electrons. The Hall–Kier alpha value is -1.14. The number of thiazole rings is 1. The number of aromatic nitrogens is 1. The van der Waals surface area contributed by atoms with Gasteiger partial charge in [0.05, 0.1) is 18.3 Å². The molecule has 0 unspecified atom stereocenters. The van der Waals surface area contributed by atoms with Gasteiger partial charge in [-0.2, -0.15) is 0 Å². The maximum atomic E-state index is 11.6. The quantitative estimate of drug-likeness (QED) is 0.225. The number of alkyl carbamates (subject to hydrolysis) is 1. The van der Waals surface area contributed by atoms with Crippen molar-refractivity contribution in [2.45, 2.75) is 72.1 Å². The van der Waals surface area contributed by atoms with Crippen molar-refractivity contribution in [2.75, 3.05) is 33.3 Å². The zero-order valence-corrected chi connectivity index (χ0v) is 22.8. The monoisotopic (exact) mass is 567 g/mol. The van der Waals surface area contributed by atoms with E-state index in [4.69, 9.17) is 9.47 Å². The summed E-state index contributed by atoms with van der Waals surface area (Å²) >= 11 is 1.73. The third-order valence-corrected chi connectivity index (χ3v) is 5.84. The number of piperidine rings is 1. The van der Waals surface area contributed by atoms with Crippen molar-refractivity contribution < 1.29 is 14.3 Å². The average Bonchev–Trinajstić information content (AvgIpc) is 2.99. The van der Waals surface area contributed by atoms with Gasteiger partial charge in [0.1, 0.15) is 10.6 Å². The number of carbonyl (C=O) groups is 1. The standard InChI is InChI=1S/C21H37N5O3S.HI/c1-15-16(2)30-18(25-15)14-24-19(22-6)26-11-8-17(9-12-26)28-13-7-10-23-20(27)29-21(3,4)5;/h17H,7-14H2,1-6H3,(H,22,24)(H,23,27);1H. The van der Waals surface area contributed by atoms with Crippen LogP contribution >= 0.6 is 35.3 Å². The van der Waals surface area contributed by atoms with E-state index in [1.807, 2.05) is 34.7 Å². The highest BCUT2D eigenvalue weighted by Gasteiger charge is 2.22. The second-order valence-electron chi connectivity index (χ2n) is 8.49. The van der Waals surface area contributed by atoms with Crippen LogP contribution in [0.25, 0.3) is 0 Å². The van der Waals surface area contributed by atoms with E-state index < -0.39 is 5.60 Å². The summed E-state index contributed by atoms with van der Waals surface area (Å²) in [5, 5.41) is 7.28. The summed E-state index contributed by atoms with van der Waals surface area (Å²) in [4.78, 5) is 24.2. The highest BCUT2D eigenvalue weighted by atomic mass is 127. The minimum atomic E-state index is -0.470. The molecule has 1 aromatic rings. The zero-order valence-electron chi connectivity index (χ0n) is 19.6. The number of ether oxygens (including phenoxy) is 2. The van der Waals surface area contributed by atoms with Gasteiger partial charge in [0.2, 0.25) is 0 Å². The van der Waals surface area contributed by atoms with E-state index in [9.17, 15) is 4.79 Å². The SMILES string of the molecule is CN=C(NCc1nc(C)c(C)s1)N1CCC(OCCCNC(=O)OC(C)(C)C)CC1.I. The Morgan fingerprint density at radius 2 is 1.94 bits per heavy atom. The zero-order chi connectivity index (χ0) is 22.1. The summed E-state index contributed by atoms with van der Waals surface area (Å²) in [6.45, 7) is 13.4. The number of halogens is 1. The molecule has 1 amide bonds. The van der Waals surface area contributed by atoms with E-state index in [-0.39, 0.29) is 36.2 Å². The topological polar surface area (TPSA) is 88.1 Å². The van der Waals surface area contributed by atoms with Gasteiger partial charge in [0, 0.05) is 38.2 Å². The third kappa shape index (κ3) is 10.3. The van der Waals surface area contributed by atoms with Gasteiger partial charge in [-0.15, -0.1) is 35.3 Å². The molecular weight excluding hydrogens is 529 g/mol. The van der Waals surface area contributed by atoms with Crippen LogP contribution in [-0.4, -0.2) is 66.9 Å². The molecule has 0 aliphatic carbocycles. The Morgan fingerprint density at radius 3 is 2.48 bits per heavy atom. The molecule has 1 aromatic heterocycles. The van der Waals surface area contributed by atoms with Crippen molar-refractivity contribution in [3.8, 4) is 0 Å². The number of nitrogens with one attached hydrogen (secondary N) is 2. The first kappa shape index (κ1) is 27.9. The van der Waals surface area contributed by atoms with E-state index in [2.05, 4.69) is 32.4 Å². The minimum Gasteiger partial charge on any atom is -0.444 e. The smallest absolute Gasteiger partial charge is 0.407 e. The number of aliphatic imine (C=N–C) groups is 1. The number of amides is 1. The van der Waals surface area contributed by atoms with Crippen molar-refractivity contribution in [3.63, 3.8) is 0 Å². The summed E-state index contributed by atoms with van der Waals surface area (Å²) in [6.07, 6.45) is 2.59. The number of hydrogen-bond acceptors (Lipinski definition) is 6. The molecule has 0 radical (unpaired) electrons. The molecule has 1 aliphatic heterocycles. The number of aryl methyl sites for hydroxylation is 2. The summed E-state index contributed by atoms with van der Waals surface area (Å²) in [5.74, 6) is 0.917. The van der Waals surface area contributed by atoms with Crippen molar-refractivity contribution in [1.29, 1.82) is 0 Å². The molecule has 1 aliphatic rings. The van der Waals surface area contributed by atoms with Gasteiger partial charge in [-0.05, 0) is 53.9 Å². The molecule has 0 saturated carbocycles. The highest BCUT2D eigenvalue weighted by Crippen LogP contribution is 2.17. The van der Waals surface area contributed by atoms with Crippen LogP contribution < -0.4 is 10.6 Å². The molecule has 0 atom stereocenters. The number of hydrogen-bond donors (Lipinski definition) is 2. The van der Waals surface area contributed by atoms with Crippen LogP contribution in [0, 0.1) is 13.8 Å². The van der Waals surface area contributed by atoms with Crippen LogP contribution in [0.15, 0.2) is 4.99 Å². The van der Waals surface area contributed by atoms with Crippen molar-refractivity contribution in [3.05, 3.63) is 15.6 Å². The molecule has 10 heteroatoms.